The number of rotatable bonds is 7. The summed E-state index contributed by atoms with van der Waals surface area (Å²) in [6.07, 6.45) is -0.655. The van der Waals surface area contributed by atoms with Crippen LogP contribution < -0.4 is 21.3 Å². The SMILES string of the molecule is CC(C)(C)OC(=O)Nc1[c]c(NC(=O)CNC(=O)CNC(=O)c2ccc(C#N)s2)ccc1. The van der Waals surface area contributed by atoms with Crippen molar-refractivity contribution in [3.05, 3.63) is 46.2 Å². The summed E-state index contributed by atoms with van der Waals surface area (Å²) in [5.41, 5.74) is -0.0641. The average Bonchev–Trinajstić information content (AvgIpc) is 3.18. The molecule has 2 rings (SSSR count). The predicted octanol–water partition coefficient (Wildman–Crippen LogP) is 2.25. The van der Waals surface area contributed by atoms with Crippen molar-refractivity contribution in [2.75, 3.05) is 23.7 Å². The second kappa shape index (κ2) is 10.9. The highest BCUT2D eigenvalue weighted by Gasteiger charge is 2.16. The van der Waals surface area contributed by atoms with Gasteiger partial charge in [-0.2, -0.15) is 5.26 Å². The Morgan fingerprint density at radius 2 is 1.66 bits per heavy atom. The van der Waals surface area contributed by atoms with Crippen LogP contribution in [0.4, 0.5) is 16.2 Å². The largest absolute Gasteiger partial charge is 0.444 e. The Balaban J connectivity index is 1.76. The smallest absolute Gasteiger partial charge is 0.412 e. The van der Waals surface area contributed by atoms with Crippen molar-refractivity contribution in [2.45, 2.75) is 26.4 Å². The predicted molar refractivity (Wildman–Crippen MR) is 118 cm³/mol. The number of nitrogens with zero attached hydrogens (tertiary/aromatic N) is 1. The Bertz CT molecular complexity index is 1050. The van der Waals surface area contributed by atoms with Gasteiger partial charge in [-0.25, -0.2) is 4.79 Å². The van der Waals surface area contributed by atoms with Crippen LogP contribution in [0.2, 0.25) is 0 Å². The van der Waals surface area contributed by atoms with Gasteiger partial charge in [0.25, 0.3) is 5.91 Å². The zero-order valence-electron chi connectivity index (χ0n) is 17.7. The molecule has 1 radical (unpaired) electrons. The van der Waals surface area contributed by atoms with Gasteiger partial charge in [0.1, 0.15) is 16.5 Å². The summed E-state index contributed by atoms with van der Waals surface area (Å²) in [6, 6.07) is 12.5. The molecule has 0 aliphatic rings. The highest BCUT2D eigenvalue weighted by molar-refractivity contribution is 7.14. The van der Waals surface area contributed by atoms with E-state index in [9.17, 15) is 19.2 Å². The van der Waals surface area contributed by atoms with Gasteiger partial charge in [-0.15, -0.1) is 11.3 Å². The Kier molecular flexibility index (Phi) is 8.31. The topological polar surface area (TPSA) is 149 Å². The van der Waals surface area contributed by atoms with E-state index in [4.69, 9.17) is 10.00 Å². The zero-order valence-corrected chi connectivity index (χ0v) is 18.5. The number of benzene rings is 1. The molecule has 0 unspecified atom stereocenters. The van der Waals surface area contributed by atoms with Crippen molar-refractivity contribution in [2.24, 2.45) is 0 Å². The monoisotopic (exact) mass is 456 g/mol. The molecule has 167 valence electrons. The number of carbonyl (C=O) groups is 4. The number of amides is 4. The van der Waals surface area contributed by atoms with Crippen LogP contribution in [0.5, 0.6) is 0 Å². The number of carbonyl (C=O) groups excluding carboxylic acids is 4. The summed E-state index contributed by atoms with van der Waals surface area (Å²) in [5, 5.41) is 18.6. The average molecular weight is 457 g/mol. The number of ether oxygens (including phenoxy) is 1. The van der Waals surface area contributed by atoms with Crippen LogP contribution in [0.1, 0.15) is 35.3 Å². The van der Waals surface area contributed by atoms with Gasteiger partial charge in [-0.3, -0.25) is 19.7 Å². The number of hydrogen-bond acceptors (Lipinski definition) is 7. The quantitative estimate of drug-likeness (QED) is 0.502. The minimum atomic E-state index is -0.656. The van der Waals surface area contributed by atoms with E-state index in [-0.39, 0.29) is 18.8 Å². The lowest BCUT2D eigenvalue weighted by atomic mass is 10.2. The Morgan fingerprint density at radius 1 is 1.00 bits per heavy atom. The molecule has 0 aliphatic heterocycles. The molecular weight excluding hydrogens is 434 g/mol. The van der Waals surface area contributed by atoms with Gasteiger partial charge in [0.05, 0.1) is 29.3 Å². The number of anilines is 2. The molecule has 32 heavy (non-hydrogen) atoms. The molecule has 4 N–H and O–H groups in total. The molecule has 0 spiro atoms. The molecule has 0 bridgehead atoms. The lowest BCUT2D eigenvalue weighted by molar-refractivity contribution is -0.123. The maximum atomic E-state index is 12.1. The van der Waals surface area contributed by atoms with E-state index in [1.165, 1.54) is 12.1 Å². The van der Waals surface area contributed by atoms with Crippen LogP contribution in [0.15, 0.2) is 30.3 Å². The van der Waals surface area contributed by atoms with E-state index in [1.54, 1.807) is 39.0 Å². The fourth-order valence-corrected chi connectivity index (χ4v) is 2.95. The molecule has 0 saturated heterocycles. The standard InChI is InChI=1S/C21H22N5O5S/c1-21(2,3)31-20(30)26-14-6-4-5-13(9-14)25-18(28)12-23-17(27)11-24-19(29)16-8-7-15(10-22)32-16/h4-8H,11-12H2,1-3H3,(H,23,27)(H,24,29)(H,25,28)(H,26,30). The maximum absolute atomic E-state index is 12.1. The molecule has 11 heteroatoms. The minimum Gasteiger partial charge on any atom is -0.444 e. The van der Waals surface area contributed by atoms with Crippen molar-refractivity contribution >= 4 is 46.5 Å². The lowest BCUT2D eigenvalue weighted by Crippen LogP contribution is -2.40. The molecule has 0 fully saturated rings. The van der Waals surface area contributed by atoms with Crippen molar-refractivity contribution in [3.8, 4) is 6.07 Å². The molecule has 1 aromatic carbocycles. The third kappa shape index (κ3) is 8.45. The van der Waals surface area contributed by atoms with Crippen LogP contribution in [-0.2, 0) is 14.3 Å². The molecule has 1 aromatic heterocycles. The summed E-state index contributed by atoms with van der Waals surface area (Å²) >= 11 is 1.01. The normalized spacial score (nSPS) is 10.4. The number of hydrogen-bond donors (Lipinski definition) is 4. The van der Waals surface area contributed by atoms with Crippen LogP contribution in [0, 0.1) is 17.4 Å². The van der Waals surface area contributed by atoms with Gasteiger partial charge < -0.3 is 20.7 Å². The fraction of sp³-hybridized carbons (Fsp3) is 0.286. The Labute approximate surface area is 188 Å². The highest BCUT2D eigenvalue weighted by Crippen LogP contribution is 2.16. The maximum Gasteiger partial charge on any atom is 0.412 e. The van der Waals surface area contributed by atoms with Gasteiger partial charge >= 0.3 is 6.09 Å². The lowest BCUT2D eigenvalue weighted by Gasteiger charge is -2.19. The Morgan fingerprint density at radius 3 is 2.28 bits per heavy atom. The number of nitrogens with one attached hydrogen (secondary N) is 4. The molecule has 2 aromatic rings. The number of thiophene rings is 1. The van der Waals surface area contributed by atoms with E-state index < -0.39 is 29.4 Å². The van der Waals surface area contributed by atoms with Crippen molar-refractivity contribution in [1.82, 2.24) is 10.6 Å². The third-order valence-electron chi connectivity index (χ3n) is 3.50. The minimum absolute atomic E-state index is 0.289. The second-order valence-electron chi connectivity index (χ2n) is 7.39. The van der Waals surface area contributed by atoms with E-state index >= 15 is 0 Å². The van der Waals surface area contributed by atoms with Crippen LogP contribution in [0.3, 0.4) is 0 Å². The molecular formula is C21H22N5O5S. The van der Waals surface area contributed by atoms with E-state index in [0.29, 0.717) is 15.4 Å². The summed E-state index contributed by atoms with van der Waals surface area (Å²) in [7, 11) is 0. The second-order valence-corrected chi connectivity index (χ2v) is 8.47. The van der Waals surface area contributed by atoms with Gasteiger partial charge in [0.2, 0.25) is 11.8 Å². The van der Waals surface area contributed by atoms with Crippen LogP contribution in [-0.4, -0.2) is 42.5 Å². The summed E-state index contributed by atoms with van der Waals surface area (Å²) in [4.78, 5) is 48.4. The molecule has 0 atom stereocenters. The Hall–Kier alpha value is -3.91. The molecule has 10 nitrogen and oxygen atoms in total. The molecule has 0 saturated carbocycles. The highest BCUT2D eigenvalue weighted by atomic mass is 32.1. The van der Waals surface area contributed by atoms with Crippen LogP contribution in [0.25, 0.3) is 0 Å². The molecule has 4 amide bonds. The van der Waals surface area contributed by atoms with Gasteiger partial charge in [-0.05, 0) is 45.0 Å². The third-order valence-corrected chi connectivity index (χ3v) is 4.49. The zero-order chi connectivity index (χ0) is 23.7. The first kappa shape index (κ1) is 24.4. The van der Waals surface area contributed by atoms with E-state index in [2.05, 4.69) is 27.3 Å². The molecule has 0 aliphatic carbocycles. The summed E-state index contributed by atoms with van der Waals surface area (Å²) < 4.78 is 5.15. The van der Waals surface area contributed by atoms with E-state index in [0.717, 1.165) is 11.3 Å². The molecule has 1 heterocycles. The van der Waals surface area contributed by atoms with Gasteiger partial charge in [-0.1, -0.05) is 6.07 Å². The summed E-state index contributed by atoms with van der Waals surface area (Å²) in [6.45, 7) is 4.55. The number of nitriles is 1. The first-order chi connectivity index (χ1) is 15.1. The fourth-order valence-electron chi connectivity index (χ4n) is 2.23. The van der Waals surface area contributed by atoms with Crippen molar-refractivity contribution < 1.29 is 23.9 Å². The van der Waals surface area contributed by atoms with Gasteiger partial charge in [0, 0.05) is 6.07 Å². The summed E-state index contributed by atoms with van der Waals surface area (Å²) in [5.74, 6) is -1.57. The van der Waals surface area contributed by atoms with Crippen LogP contribution >= 0.6 is 11.3 Å². The van der Waals surface area contributed by atoms with E-state index in [1.807, 2.05) is 6.07 Å². The van der Waals surface area contributed by atoms with Crippen molar-refractivity contribution in [1.29, 1.82) is 5.26 Å². The first-order valence-corrected chi connectivity index (χ1v) is 10.2. The van der Waals surface area contributed by atoms with Gasteiger partial charge in [0.15, 0.2) is 0 Å². The first-order valence-electron chi connectivity index (χ1n) is 9.43. The van der Waals surface area contributed by atoms with Crippen molar-refractivity contribution in [3.63, 3.8) is 0 Å².